The molecular weight excluding hydrogens is 381 g/mol. The van der Waals surface area contributed by atoms with Crippen molar-refractivity contribution in [3.8, 4) is 0 Å². The lowest BCUT2D eigenvalue weighted by molar-refractivity contribution is -0.127. The molecule has 2 aliphatic rings. The molecule has 0 aromatic heterocycles. The SMILES string of the molecule is O=C1NC(=O)C(CCCc2ccccc2)(C2CCN(Cc3cccc(F)c3)CC2)N1. The Hall–Kier alpha value is -2.73. The van der Waals surface area contributed by atoms with Crippen LogP contribution in [0.5, 0.6) is 0 Å². The molecule has 2 aliphatic heterocycles. The summed E-state index contributed by atoms with van der Waals surface area (Å²) in [7, 11) is 0. The van der Waals surface area contributed by atoms with Gasteiger partial charge in [-0.05, 0) is 74.4 Å². The quantitative estimate of drug-likeness (QED) is 0.687. The van der Waals surface area contributed by atoms with Crippen molar-refractivity contribution in [2.45, 2.75) is 44.2 Å². The van der Waals surface area contributed by atoms with E-state index in [-0.39, 0.29) is 23.7 Å². The van der Waals surface area contributed by atoms with Crippen LogP contribution in [0.3, 0.4) is 0 Å². The molecule has 30 heavy (non-hydrogen) atoms. The summed E-state index contributed by atoms with van der Waals surface area (Å²) < 4.78 is 13.5. The molecule has 2 fully saturated rings. The highest BCUT2D eigenvalue weighted by atomic mass is 19.1. The van der Waals surface area contributed by atoms with Crippen LogP contribution in [0.1, 0.15) is 36.8 Å². The highest BCUT2D eigenvalue weighted by molar-refractivity contribution is 6.07. The van der Waals surface area contributed by atoms with Crippen LogP contribution >= 0.6 is 0 Å². The molecule has 3 amide bonds. The van der Waals surface area contributed by atoms with Crippen LogP contribution in [0.4, 0.5) is 9.18 Å². The standard InChI is InChI=1S/C24H28FN3O2/c25-21-10-4-8-19(16-21)17-28-14-11-20(12-15-28)24(22(29)26-23(30)27-24)13-5-9-18-6-2-1-3-7-18/h1-4,6-8,10,16,20H,5,9,11-15,17H2,(H2,26,27,29,30). The summed E-state index contributed by atoms with van der Waals surface area (Å²) in [5, 5.41) is 5.44. The summed E-state index contributed by atoms with van der Waals surface area (Å²) in [4.78, 5) is 27.1. The van der Waals surface area contributed by atoms with Gasteiger partial charge in [0.1, 0.15) is 11.4 Å². The largest absolute Gasteiger partial charge is 0.323 e. The molecule has 2 saturated heterocycles. The number of urea groups is 1. The normalized spacial score (nSPS) is 22.7. The van der Waals surface area contributed by atoms with Crippen molar-refractivity contribution in [3.63, 3.8) is 0 Å². The highest BCUT2D eigenvalue weighted by Gasteiger charge is 2.51. The van der Waals surface area contributed by atoms with Crippen molar-refractivity contribution in [1.82, 2.24) is 15.5 Å². The topological polar surface area (TPSA) is 61.4 Å². The van der Waals surface area contributed by atoms with E-state index >= 15 is 0 Å². The van der Waals surface area contributed by atoms with Crippen LogP contribution in [0.15, 0.2) is 54.6 Å². The Kier molecular flexibility index (Phi) is 6.13. The smallest absolute Gasteiger partial charge is 0.322 e. The van der Waals surface area contributed by atoms with Gasteiger partial charge in [-0.3, -0.25) is 15.0 Å². The molecule has 2 aromatic carbocycles. The van der Waals surface area contributed by atoms with Crippen molar-refractivity contribution < 1.29 is 14.0 Å². The number of nitrogens with zero attached hydrogens (tertiary/aromatic N) is 1. The summed E-state index contributed by atoms with van der Waals surface area (Å²) in [6.45, 7) is 2.35. The van der Waals surface area contributed by atoms with E-state index in [9.17, 15) is 14.0 Å². The van der Waals surface area contributed by atoms with Crippen LogP contribution in [0, 0.1) is 11.7 Å². The van der Waals surface area contributed by atoms with E-state index in [1.54, 1.807) is 12.1 Å². The van der Waals surface area contributed by atoms with Gasteiger partial charge >= 0.3 is 6.03 Å². The first kappa shape index (κ1) is 20.5. The number of aryl methyl sites for hydroxylation is 1. The number of amides is 3. The number of nitrogens with one attached hydrogen (secondary N) is 2. The average molecular weight is 410 g/mol. The minimum Gasteiger partial charge on any atom is -0.323 e. The summed E-state index contributed by atoms with van der Waals surface area (Å²) in [5.74, 6) is -0.308. The number of rotatable bonds is 7. The van der Waals surface area contributed by atoms with E-state index in [4.69, 9.17) is 0 Å². The molecule has 0 bridgehead atoms. The third-order valence-electron chi connectivity index (χ3n) is 6.43. The Balaban J connectivity index is 1.38. The van der Waals surface area contributed by atoms with Crippen molar-refractivity contribution in [1.29, 1.82) is 0 Å². The minimum atomic E-state index is -0.823. The first-order valence-electron chi connectivity index (χ1n) is 10.7. The van der Waals surface area contributed by atoms with Crippen LogP contribution in [-0.4, -0.2) is 35.5 Å². The summed E-state index contributed by atoms with van der Waals surface area (Å²) in [6, 6.07) is 16.5. The number of halogens is 1. The molecule has 0 aliphatic carbocycles. The van der Waals surface area contributed by atoms with E-state index in [1.165, 1.54) is 11.6 Å². The van der Waals surface area contributed by atoms with Crippen LogP contribution in [-0.2, 0) is 17.8 Å². The first-order valence-corrected chi connectivity index (χ1v) is 10.7. The van der Waals surface area contributed by atoms with Crippen molar-refractivity contribution >= 4 is 11.9 Å². The molecule has 1 unspecified atom stereocenters. The summed E-state index contributed by atoms with van der Waals surface area (Å²) in [6.07, 6.45) is 4.00. The molecule has 2 N–H and O–H groups in total. The minimum absolute atomic E-state index is 0.100. The molecule has 6 heteroatoms. The highest BCUT2D eigenvalue weighted by Crippen LogP contribution is 2.35. The number of imide groups is 1. The summed E-state index contributed by atoms with van der Waals surface area (Å²) >= 11 is 0. The van der Waals surface area contributed by atoms with Crippen molar-refractivity contribution in [3.05, 3.63) is 71.5 Å². The molecule has 0 spiro atoms. The fourth-order valence-corrected chi connectivity index (χ4v) is 4.87. The Morgan fingerprint density at radius 1 is 1.00 bits per heavy atom. The van der Waals surface area contributed by atoms with Gasteiger partial charge < -0.3 is 5.32 Å². The molecular formula is C24H28FN3O2. The Morgan fingerprint density at radius 2 is 1.73 bits per heavy atom. The third-order valence-corrected chi connectivity index (χ3v) is 6.43. The zero-order valence-electron chi connectivity index (χ0n) is 17.1. The molecule has 5 nitrogen and oxygen atoms in total. The number of hydrogen-bond acceptors (Lipinski definition) is 3. The second-order valence-electron chi connectivity index (χ2n) is 8.40. The van der Waals surface area contributed by atoms with E-state index in [0.717, 1.165) is 44.3 Å². The lowest BCUT2D eigenvalue weighted by Crippen LogP contribution is -2.56. The Bertz CT molecular complexity index is 896. The average Bonchev–Trinajstić information content (AvgIpc) is 3.03. The van der Waals surface area contributed by atoms with Gasteiger partial charge in [-0.25, -0.2) is 9.18 Å². The van der Waals surface area contributed by atoms with E-state index in [2.05, 4.69) is 27.7 Å². The zero-order valence-corrected chi connectivity index (χ0v) is 17.1. The fourth-order valence-electron chi connectivity index (χ4n) is 4.87. The van der Waals surface area contributed by atoms with Gasteiger partial charge in [0.15, 0.2) is 0 Å². The fraction of sp³-hybridized carbons (Fsp3) is 0.417. The number of hydrogen-bond donors (Lipinski definition) is 2. The predicted octanol–water partition coefficient (Wildman–Crippen LogP) is 3.64. The molecule has 4 rings (SSSR count). The van der Waals surface area contributed by atoms with Crippen LogP contribution < -0.4 is 10.6 Å². The third kappa shape index (κ3) is 4.54. The van der Waals surface area contributed by atoms with Crippen molar-refractivity contribution in [2.75, 3.05) is 13.1 Å². The zero-order chi connectivity index (χ0) is 21.0. The summed E-state index contributed by atoms with van der Waals surface area (Å²) in [5.41, 5.74) is 1.37. The Morgan fingerprint density at radius 3 is 2.40 bits per heavy atom. The number of carbonyl (C=O) groups is 2. The monoisotopic (exact) mass is 409 g/mol. The van der Waals surface area contributed by atoms with Gasteiger partial charge in [0, 0.05) is 6.54 Å². The lowest BCUT2D eigenvalue weighted by atomic mass is 9.74. The van der Waals surface area contributed by atoms with Crippen LogP contribution in [0.25, 0.3) is 0 Å². The van der Waals surface area contributed by atoms with Gasteiger partial charge in [-0.2, -0.15) is 0 Å². The maximum Gasteiger partial charge on any atom is 0.322 e. The number of piperidine rings is 1. The van der Waals surface area contributed by atoms with E-state index in [0.29, 0.717) is 13.0 Å². The van der Waals surface area contributed by atoms with Gasteiger partial charge in [0.2, 0.25) is 0 Å². The molecule has 0 saturated carbocycles. The van der Waals surface area contributed by atoms with Gasteiger partial charge in [-0.15, -0.1) is 0 Å². The second kappa shape index (κ2) is 8.96. The van der Waals surface area contributed by atoms with Crippen LogP contribution in [0.2, 0.25) is 0 Å². The predicted molar refractivity (Wildman–Crippen MR) is 113 cm³/mol. The van der Waals surface area contributed by atoms with Gasteiger partial charge in [0.25, 0.3) is 5.91 Å². The van der Waals surface area contributed by atoms with E-state index in [1.807, 2.05) is 24.3 Å². The Labute approximate surface area is 176 Å². The van der Waals surface area contributed by atoms with Crippen molar-refractivity contribution in [2.24, 2.45) is 5.92 Å². The number of benzene rings is 2. The molecule has 1 atom stereocenters. The second-order valence-corrected chi connectivity index (χ2v) is 8.40. The number of carbonyl (C=O) groups excluding carboxylic acids is 2. The van der Waals surface area contributed by atoms with E-state index < -0.39 is 5.54 Å². The molecule has 158 valence electrons. The van der Waals surface area contributed by atoms with Gasteiger partial charge in [-0.1, -0.05) is 42.5 Å². The molecule has 0 radical (unpaired) electrons. The lowest BCUT2D eigenvalue weighted by Gasteiger charge is -2.40. The maximum absolute atomic E-state index is 13.5. The number of likely N-dealkylation sites (tertiary alicyclic amines) is 1. The molecule has 2 heterocycles. The first-order chi connectivity index (χ1) is 14.5. The maximum atomic E-state index is 13.5. The molecule has 2 aromatic rings. The van der Waals surface area contributed by atoms with Gasteiger partial charge in [0.05, 0.1) is 0 Å².